The number of nitrogens with two attached hydrogens (primary N) is 1. The number of fused-ring (bicyclic) bond motifs is 1. The number of methoxy groups -OCH3 is 2. The summed E-state index contributed by atoms with van der Waals surface area (Å²) in [6.07, 6.45) is 3.52. The summed E-state index contributed by atoms with van der Waals surface area (Å²) in [6, 6.07) is 5.62. The van der Waals surface area contributed by atoms with Crippen LogP contribution in [0.2, 0.25) is 0 Å². The fraction of sp³-hybridized carbons (Fsp3) is 0.222. The first kappa shape index (κ1) is 16.8. The average Bonchev–Trinajstić information content (AvgIpc) is 3.35. The predicted octanol–water partition coefficient (Wildman–Crippen LogP) is 2.28. The third-order valence-corrected chi connectivity index (χ3v) is 4.26. The number of rotatable bonds is 5. The highest BCUT2D eigenvalue weighted by Crippen LogP contribution is 2.28. The molecule has 0 saturated carbocycles. The van der Waals surface area contributed by atoms with Crippen molar-refractivity contribution in [3.63, 3.8) is 0 Å². The Morgan fingerprint density at radius 3 is 2.74 bits per heavy atom. The Hall–Kier alpha value is -3.62. The number of anilines is 1. The molecule has 0 aliphatic rings. The van der Waals surface area contributed by atoms with Crippen LogP contribution < -0.4 is 15.2 Å². The highest BCUT2D eigenvalue weighted by Gasteiger charge is 2.18. The predicted molar refractivity (Wildman–Crippen MR) is 97.8 cm³/mol. The molecule has 0 radical (unpaired) electrons. The van der Waals surface area contributed by atoms with Gasteiger partial charge in [0.2, 0.25) is 11.8 Å². The van der Waals surface area contributed by atoms with Crippen molar-refractivity contribution in [2.75, 3.05) is 20.0 Å². The maximum absolute atomic E-state index is 6.07. The summed E-state index contributed by atoms with van der Waals surface area (Å²) < 4.78 is 17.5. The Morgan fingerprint density at radius 1 is 1.19 bits per heavy atom. The minimum Gasteiger partial charge on any atom is -0.497 e. The van der Waals surface area contributed by atoms with E-state index < -0.39 is 0 Å². The van der Waals surface area contributed by atoms with Gasteiger partial charge >= 0.3 is 0 Å². The van der Waals surface area contributed by atoms with E-state index in [1.807, 2.05) is 25.1 Å². The summed E-state index contributed by atoms with van der Waals surface area (Å²) in [4.78, 5) is 13.1. The number of oxazole rings is 1. The molecule has 138 valence electrons. The first-order valence-corrected chi connectivity index (χ1v) is 8.23. The van der Waals surface area contributed by atoms with Crippen molar-refractivity contribution in [2.24, 2.45) is 0 Å². The van der Waals surface area contributed by atoms with Gasteiger partial charge in [-0.2, -0.15) is 4.52 Å². The van der Waals surface area contributed by atoms with Gasteiger partial charge in [-0.05, 0) is 13.0 Å². The molecule has 9 nitrogen and oxygen atoms in total. The molecular weight excluding hydrogens is 348 g/mol. The van der Waals surface area contributed by atoms with E-state index in [0.717, 1.165) is 16.9 Å². The third-order valence-electron chi connectivity index (χ3n) is 4.26. The summed E-state index contributed by atoms with van der Waals surface area (Å²) in [5.41, 5.74) is 8.95. The Morgan fingerprint density at radius 2 is 2.04 bits per heavy atom. The summed E-state index contributed by atoms with van der Waals surface area (Å²) >= 11 is 0. The second-order valence-electron chi connectivity index (χ2n) is 5.90. The number of aryl methyl sites for hydroxylation is 1. The Bertz CT molecular complexity index is 1100. The van der Waals surface area contributed by atoms with Gasteiger partial charge in [-0.3, -0.25) is 0 Å². The van der Waals surface area contributed by atoms with Crippen LogP contribution in [0.4, 0.5) is 5.95 Å². The van der Waals surface area contributed by atoms with Crippen LogP contribution in [0.5, 0.6) is 11.5 Å². The van der Waals surface area contributed by atoms with E-state index in [0.29, 0.717) is 35.2 Å². The number of benzene rings is 1. The van der Waals surface area contributed by atoms with Crippen LogP contribution in [0.1, 0.15) is 17.0 Å². The zero-order valence-electron chi connectivity index (χ0n) is 15.1. The normalized spacial score (nSPS) is 11.1. The van der Waals surface area contributed by atoms with Gasteiger partial charge in [0, 0.05) is 23.6 Å². The number of hydrogen-bond donors (Lipinski definition) is 1. The molecule has 0 spiro atoms. The number of nitrogens with zero attached hydrogens (tertiary/aromatic N) is 5. The third kappa shape index (κ3) is 2.92. The van der Waals surface area contributed by atoms with Crippen molar-refractivity contribution in [2.45, 2.75) is 13.3 Å². The smallest absolute Gasteiger partial charge is 0.245 e. The van der Waals surface area contributed by atoms with Gasteiger partial charge in [-0.25, -0.2) is 15.0 Å². The zero-order chi connectivity index (χ0) is 19.0. The van der Waals surface area contributed by atoms with Gasteiger partial charge in [0.15, 0.2) is 11.5 Å². The summed E-state index contributed by atoms with van der Waals surface area (Å²) in [7, 11) is 3.23. The fourth-order valence-corrected chi connectivity index (χ4v) is 2.90. The highest BCUT2D eigenvalue weighted by atomic mass is 16.5. The maximum Gasteiger partial charge on any atom is 0.245 e. The molecule has 4 rings (SSSR count). The lowest BCUT2D eigenvalue weighted by Gasteiger charge is -2.08. The molecule has 3 aromatic heterocycles. The molecule has 3 heterocycles. The topological polar surface area (TPSA) is 114 Å². The van der Waals surface area contributed by atoms with E-state index in [2.05, 4.69) is 20.1 Å². The summed E-state index contributed by atoms with van der Waals surface area (Å²) in [5.74, 6) is 2.63. The molecule has 0 unspecified atom stereocenters. The van der Waals surface area contributed by atoms with Crippen molar-refractivity contribution >= 4 is 11.6 Å². The molecule has 0 amide bonds. The SMILES string of the molecule is COc1ccc(Cc2nc3c(C)c(-c4ncco4)nc(N)n3n2)c(OC)c1. The molecule has 0 fully saturated rings. The minimum absolute atomic E-state index is 0.212. The molecule has 9 heteroatoms. The van der Waals surface area contributed by atoms with Crippen LogP contribution in [-0.2, 0) is 6.42 Å². The average molecular weight is 366 g/mol. The van der Waals surface area contributed by atoms with E-state index in [4.69, 9.17) is 19.6 Å². The lowest BCUT2D eigenvalue weighted by atomic mass is 10.1. The van der Waals surface area contributed by atoms with Crippen molar-refractivity contribution in [1.29, 1.82) is 0 Å². The second-order valence-corrected chi connectivity index (χ2v) is 5.90. The highest BCUT2D eigenvalue weighted by molar-refractivity contribution is 5.65. The quantitative estimate of drug-likeness (QED) is 0.572. The summed E-state index contributed by atoms with van der Waals surface area (Å²) in [6.45, 7) is 1.88. The van der Waals surface area contributed by atoms with Crippen molar-refractivity contribution < 1.29 is 13.9 Å². The number of ether oxygens (including phenoxy) is 2. The van der Waals surface area contributed by atoms with Crippen LogP contribution in [0.25, 0.3) is 17.2 Å². The number of nitrogen functional groups attached to an aromatic ring is 1. The molecule has 27 heavy (non-hydrogen) atoms. The van der Waals surface area contributed by atoms with E-state index in [1.165, 1.54) is 10.8 Å². The standard InChI is InChI=1S/C18H18N6O3/c1-10-15(17-20-6-7-27-17)22-18(19)24-16(10)21-14(23-24)8-11-4-5-12(25-2)9-13(11)26-3/h4-7,9H,8H2,1-3H3,(H2,19,22). The fourth-order valence-electron chi connectivity index (χ4n) is 2.90. The van der Waals surface area contributed by atoms with Crippen molar-refractivity contribution in [3.05, 3.63) is 47.6 Å². The van der Waals surface area contributed by atoms with Crippen LogP contribution in [0.15, 0.2) is 35.1 Å². The second kappa shape index (κ2) is 6.60. The first-order valence-electron chi connectivity index (χ1n) is 8.23. The van der Waals surface area contributed by atoms with Gasteiger partial charge in [0.1, 0.15) is 23.5 Å². The Balaban J connectivity index is 1.76. The zero-order valence-corrected chi connectivity index (χ0v) is 15.1. The monoisotopic (exact) mass is 366 g/mol. The molecule has 0 bridgehead atoms. The van der Waals surface area contributed by atoms with E-state index in [1.54, 1.807) is 20.4 Å². The Kier molecular flexibility index (Phi) is 4.11. The molecule has 4 aromatic rings. The molecule has 1 aromatic carbocycles. The van der Waals surface area contributed by atoms with Gasteiger partial charge in [0.05, 0.1) is 20.4 Å². The van der Waals surface area contributed by atoms with Crippen LogP contribution >= 0.6 is 0 Å². The molecule has 0 atom stereocenters. The van der Waals surface area contributed by atoms with Crippen LogP contribution in [0, 0.1) is 6.92 Å². The molecular formula is C18H18N6O3. The van der Waals surface area contributed by atoms with Gasteiger partial charge in [-0.15, -0.1) is 5.10 Å². The lowest BCUT2D eigenvalue weighted by Crippen LogP contribution is -2.05. The van der Waals surface area contributed by atoms with E-state index >= 15 is 0 Å². The summed E-state index contributed by atoms with van der Waals surface area (Å²) in [5, 5.41) is 4.49. The van der Waals surface area contributed by atoms with Crippen LogP contribution in [-0.4, -0.2) is 38.8 Å². The number of aromatic nitrogens is 5. The molecule has 0 aliphatic heterocycles. The maximum atomic E-state index is 6.07. The first-order chi connectivity index (χ1) is 13.1. The Labute approximate surface area is 154 Å². The number of hydrogen-bond acceptors (Lipinski definition) is 8. The van der Waals surface area contributed by atoms with Gasteiger partial charge in [-0.1, -0.05) is 6.07 Å². The van der Waals surface area contributed by atoms with E-state index in [-0.39, 0.29) is 5.95 Å². The lowest BCUT2D eigenvalue weighted by molar-refractivity contribution is 0.391. The van der Waals surface area contributed by atoms with Crippen molar-refractivity contribution in [3.8, 4) is 23.1 Å². The van der Waals surface area contributed by atoms with Crippen molar-refractivity contribution in [1.82, 2.24) is 24.6 Å². The molecule has 0 saturated heterocycles. The van der Waals surface area contributed by atoms with E-state index in [9.17, 15) is 0 Å². The minimum atomic E-state index is 0.212. The van der Waals surface area contributed by atoms with Gasteiger partial charge in [0.25, 0.3) is 0 Å². The van der Waals surface area contributed by atoms with Gasteiger partial charge < -0.3 is 19.6 Å². The molecule has 0 aliphatic carbocycles. The van der Waals surface area contributed by atoms with Crippen LogP contribution in [0.3, 0.4) is 0 Å². The largest absolute Gasteiger partial charge is 0.497 e. The molecule has 2 N–H and O–H groups in total.